The lowest BCUT2D eigenvalue weighted by Crippen LogP contribution is -1.95. The van der Waals surface area contributed by atoms with Crippen LogP contribution < -0.4 is 4.74 Å². The molecule has 0 aliphatic carbocycles. The molecule has 0 aliphatic heterocycles. The number of aromatic nitrogens is 2. The molecule has 0 saturated heterocycles. The van der Waals surface area contributed by atoms with Crippen LogP contribution in [0.4, 0.5) is 10.1 Å². The van der Waals surface area contributed by atoms with Gasteiger partial charge in [0.05, 0.1) is 4.92 Å². The third kappa shape index (κ3) is 2.57. The third-order valence-corrected chi connectivity index (χ3v) is 2.18. The lowest BCUT2D eigenvalue weighted by Gasteiger charge is -2.04. The SMILES string of the molecule is Cc1ccc(Oc2ncc([N+](=O)[O-])cn2)cc1F. The molecule has 92 valence electrons. The van der Waals surface area contributed by atoms with E-state index in [4.69, 9.17) is 4.74 Å². The van der Waals surface area contributed by atoms with Crippen molar-refractivity contribution in [2.24, 2.45) is 0 Å². The molecular weight excluding hydrogens is 241 g/mol. The standard InChI is InChI=1S/C11H8FN3O3/c1-7-2-3-9(4-10(7)12)18-11-13-5-8(6-14-11)15(16)17/h2-6H,1H3. The average Bonchev–Trinajstić information content (AvgIpc) is 2.34. The third-order valence-electron chi connectivity index (χ3n) is 2.18. The lowest BCUT2D eigenvalue weighted by molar-refractivity contribution is -0.385. The first-order valence-electron chi connectivity index (χ1n) is 4.96. The summed E-state index contributed by atoms with van der Waals surface area (Å²) in [6, 6.07) is 4.23. The van der Waals surface area contributed by atoms with Crippen molar-refractivity contribution < 1.29 is 14.1 Å². The van der Waals surface area contributed by atoms with Crippen molar-refractivity contribution in [2.45, 2.75) is 6.92 Å². The van der Waals surface area contributed by atoms with E-state index < -0.39 is 10.7 Å². The summed E-state index contributed by atoms with van der Waals surface area (Å²) in [5.41, 5.74) is 0.254. The van der Waals surface area contributed by atoms with Crippen molar-refractivity contribution in [3.63, 3.8) is 0 Å². The van der Waals surface area contributed by atoms with E-state index in [9.17, 15) is 14.5 Å². The van der Waals surface area contributed by atoms with Crippen LogP contribution in [0.5, 0.6) is 11.8 Å². The Morgan fingerprint density at radius 1 is 1.33 bits per heavy atom. The van der Waals surface area contributed by atoms with Gasteiger partial charge in [-0.2, -0.15) is 9.97 Å². The zero-order valence-corrected chi connectivity index (χ0v) is 9.33. The summed E-state index contributed by atoms with van der Waals surface area (Å²) in [6.45, 7) is 1.63. The number of hydrogen-bond donors (Lipinski definition) is 0. The largest absolute Gasteiger partial charge is 0.424 e. The van der Waals surface area contributed by atoms with Crippen molar-refractivity contribution in [2.75, 3.05) is 0 Å². The molecule has 7 heteroatoms. The Morgan fingerprint density at radius 2 is 2.00 bits per heavy atom. The molecule has 0 unspecified atom stereocenters. The van der Waals surface area contributed by atoms with Crippen LogP contribution in [-0.4, -0.2) is 14.9 Å². The molecule has 0 N–H and O–H groups in total. The summed E-state index contributed by atoms with van der Waals surface area (Å²) in [6.07, 6.45) is 2.04. The quantitative estimate of drug-likeness (QED) is 0.617. The molecule has 0 radical (unpaired) electrons. The number of benzene rings is 1. The van der Waals surface area contributed by atoms with Gasteiger partial charge in [0.1, 0.15) is 24.0 Å². The number of nitro groups is 1. The van der Waals surface area contributed by atoms with Gasteiger partial charge >= 0.3 is 11.7 Å². The van der Waals surface area contributed by atoms with Gasteiger partial charge in [-0.3, -0.25) is 10.1 Å². The molecule has 1 aromatic carbocycles. The molecule has 0 aliphatic rings. The second-order valence-corrected chi connectivity index (χ2v) is 3.49. The Hall–Kier alpha value is -2.57. The second-order valence-electron chi connectivity index (χ2n) is 3.49. The smallest absolute Gasteiger partial charge is 0.322 e. The topological polar surface area (TPSA) is 78.2 Å². The van der Waals surface area contributed by atoms with Gasteiger partial charge in [-0.25, -0.2) is 4.39 Å². The Kier molecular flexibility index (Phi) is 3.13. The number of halogens is 1. The fourth-order valence-corrected chi connectivity index (χ4v) is 1.20. The van der Waals surface area contributed by atoms with E-state index in [2.05, 4.69) is 9.97 Å². The van der Waals surface area contributed by atoms with Crippen LogP contribution in [0, 0.1) is 22.9 Å². The zero-order chi connectivity index (χ0) is 13.1. The molecule has 0 bridgehead atoms. The van der Waals surface area contributed by atoms with Crippen LogP contribution >= 0.6 is 0 Å². The highest BCUT2D eigenvalue weighted by Crippen LogP contribution is 2.21. The molecule has 0 fully saturated rings. The average molecular weight is 249 g/mol. The van der Waals surface area contributed by atoms with E-state index >= 15 is 0 Å². The molecule has 0 spiro atoms. The van der Waals surface area contributed by atoms with Gasteiger partial charge in [-0.1, -0.05) is 6.07 Å². The maximum Gasteiger partial charge on any atom is 0.322 e. The van der Waals surface area contributed by atoms with E-state index in [0.29, 0.717) is 5.56 Å². The van der Waals surface area contributed by atoms with Gasteiger partial charge < -0.3 is 4.74 Å². The predicted molar refractivity (Wildman–Crippen MR) is 59.9 cm³/mol. The highest BCUT2D eigenvalue weighted by atomic mass is 19.1. The molecule has 2 aromatic rings. The number of rotatable bonds is 3. The summed E-state index contributed by atoms with van der Waals surface area (Å²) >= 11 is 0. The van der Waals surface area contributed by atoms with Crippen LogP contribution in [0.25, 0.3) is 0 Å². The molecule has 18 heavy (non-hydrogen) atoms. The van der Waals surface area contributed by atoms with E-state index in [1.807, 2.05) is 0 Å². The fraction of sp³-hybridized carbons (Fsp3) is 0.0909. The first-order valence-corrected chi connectivity index (χ1v) is 4.96. The minimum absolute atomic E-state index is 0.0798. The Bertz CT molecular complexity index is 587. The maximum absolute atomic E-state index is 13.2. The van der Waals surface area contributed by atoms with E-state index in [-0.39, 0.29) is 17.4 Å². The monoisotopic (exact) mass is 249 g/mol. The van der Waals surface area contributed by atoms with Crippen molar-refractivity contribution in [1.29, 1.82) is 0 Å². The summed E-state index contributed by atoms with van der Waals surface area (Å²) in [5, 5.41) is 10.4. The van der Waals surface area contributed by atoms with Crippen LogP contribution in [0.1, 0.15) is 5.56 Å². The van der Waals surface area contributed by atoms with Gasteiger partial charge in [0, 0.05) is 6.07 Å². The van der Waals surface area contributed by atoms with Crippen molar-refractivity contribution in [3.05, 3.63) is 52.1 Å². The van der Waals surface area contributed by atoms with E-state index in [1.165, 1.54) is 6.07 Å². The summed E-state index contributed by atoms with van der Waals surface area (Å²) in [5.74, 6) is -0.179. The predicted octanol–water partition coefficient (Wildman–Crippen LogP) is 2.62. The second kappa shape index (κ2) is 4.74. The Balaban J connectivity index is 2.18. The Labute approximate surface area is 101 Å². The molecule has 0 atom stereocenters. The van der Waals surface area contributed by atoms with E-state index in [0.717, 1.165) is 12.4 Å². The summed E-state index contributed by atoms with van der Waals surface area (Å²) in [7, 11) is 0. The highest BCUT2D eigenvalue weighted by molar-refractivity contribution is 5.30. The normalized spacial score (nSPS) is 10.1. The molecule has 1 aromatic heterocycles. The molecule has 0 amide bonds. The van der Waals surface area contributed by atoms with Gasteiger partial charge in [0.2, 0.25) is 0 Å². The number of nitrogens with zero attached hydrogens (tertiary/aromatic N) is 3. The summed E-state index contributed by atoms with van der Waals surface area (Å²) < 4.78 is 18.4. The molecule has 0 saturated carbocycles. The first-order chi connectivity index (χ1) is 8.56. The lowest BCUT2D eigenvalue weighted by atomic mass is 10.2. The number of aryl methyl sites for hydroxylation is 1. The Morgan fingerprint density at radius 3 is 2.56 bits per heavy atom. The summed E-state index contributed by atoms with van der Waals surface area (Å²) in [4.78, 5) is 17.1. The van der Waals surface area contributed by atoms with Crippen LogP contribution in [0.15, 0.2) is 30.6 Å². The van der Waals surface area contributed by atoms with Gasteiger partial charge in [0.25, 0.3) is 0 Å². The minimum Gasteiger partial charge on any atom is -0.424 e. The van der Waals surface area contributed by atoms with Crippen molar-refractivity contribution >= 4 is 5.69 Å². The number of ether oxygens (including phenoxy) is 1. The van der Waals surface area contributed by atoms with Crippen molar-refractivity contribution in [3.8, 4) is 11.8 Å². The molecular formula is C11H8FN3O3. The van der Waals surface area contributed by atoms with Gasteiger partial charge in [-0.05, 0) is 18.6 Å². The van der Waals surface area contributed by atoms with Crippen LogP contribution in [0.3, 0.4) is 0 Å². The maximum atomic E-state index is 13.2. The molecule has 1 heterocycles. The van der Waals surface area contributed by atoms with Crippen LogP contribution in [-0.2, 0) is 0 Å². The highest BCUT2D eigenvalue weighted by Gasteiger charge is 2.08. The van der Waals surface area contributed by atoms with Gasteiger partial charge in [0.15, 0.2) is 0 Å². The van der Waals surface area contributed by atoms with Crippen LogP contribution in [0.2, 0.25) is 0 Å². The van der Waals surface area contributed by atoms with Gasteiger partial charge in [-0.15, -0.1) is 0 Å². The fourth-order valence-electron chi connectivity index (χ4n) is 1.20. The molecule has 6 nitrogen and oxygen atoms in total. The zero-order valence-electron chi connectivity index (χ0n) is 9.33. The first kappa shape index (κ1) is 11.9. The van der Waals surface area contributed by atoms with Crippen molar-refractivity contribution in [1.82, 2.24) is 9.97 Å². The number of hydrogen-bond acceptors (Lipinski definition) is 5. The minimum atomic E-state index is -0.616. The van der Waals surface area contributed by atoms with E-state index in [1.54, 1.807) is 19.1 Å². The molecule has 2 rings (SSSR count).